The van der Waals surface area contributed by atoms with Crippen LogP contribution in [0.1, 0.15) is 71.0 Å². The molecule has 0 aliphatic carbocycles. The van der Waals surface area contributed by atoms with Crippen molar-refractivity contribution >= 4 is 0 Å². The van der Waals surface area contributed by atoms with Crippen LogP contribution in [0.3, 0.4) is 0 Å². The third kappa shape index (κ3) is 4.15. The Balaban J connectivity index is 2.64. The minimum Gasteiger partial charge on any atom is -0.310 e. The summed E-state index contributed by atoms with van der Waals surface area (Å²) in [7, 11) is 0. The van der Waals surface area contributed by atoms with Gasteiger partial charge in [-0.3, -0.25) is 4.68 Å². The predicted molar refractivity (Wildman–Crippen MR) is 73.2 cm³/mol. The van der Waals surface area contributed by atoms with Crippen molar-refractivity contribution in [2.45, 2.75) is 65.5 Å². The fourth-order valence-corrected chi connectivity index (χ4v) is 2.14. The van der Waals surface area contributed by atoms with Gasteiger partial charge in [-0.05, 0) is 32.7 Å². The van der Waals surface area contributed by atoms with Gasteiger partial charge in [0, 0.05) is 23.8 Å². The maximum absolute atomic E-state index is 4.49. The van der Waals surface area contributed by atoms with Crippen LogP contribution in [0.2, 0.25) is 0 Å². The molecule has 0 aliphatic rings. The van der Waals surface area contributed by atoms with Gasteiger partial charge in [0.1, 0.15) is 0 Å². The highest BCUT2D eigenvalue weighted by Crippen LogP contribution is 2.19. The van der Waals surface area contributed by atoms with Crippen molar-refractivity contribution in [2.75, 3.05) is 6.54 Å². The Morgan fingerprint density at radius 3 is 2.65 bits per heavy atom. The molecule has 2 unspecified atom stereocenters. The summed E-state index contributed by atoms with van der Waals surface area (Å²) in [6, 6.07) is 0.968. The summed E-state index contributed by atoms with van der Waals surface area (Å²) >= 11 is 0. The van der Waals surface area contributed by atoms with E-state index in [2.05, 4.69) is 49.0 Å². The van der Waals surface area contributed by atoms with E-state index in [1.807, 2.05) is 6.20 Å². The van der Waals surface area contributed by atoms with Crippen LogP contribution in [-0.2, 0) is 0 Å². The quantitative estimate of drug-likeness (QED) is 0.747. The van der Waals surface area contributed by atoms with Gasteiger partial charge in [-0.15, -0.1) is 0 Å². The molecule has 0 amide bonds. The molecule has 17 heavy (non-hydrogen) atoms. The molecule has 0 saturated carbocycles. The minimum absolute atomic E-state index is 0.456. The zero-order chi connectivity index (χ0) is 12.7. The summed E-state index contributed by atoms with van der Waals surface area (Å²) in [5.74, 6) is 0. The lowest BCUT2D eigenvalue weighted by molar-refractivity contribution is 0.453. The number of aromatic nitrogens is 2. The van der Waals surface area contributed by atoms with Crippen molar-refractivity contribution < 1.29 is 0 Å². The maximum Gasteiger partial charge on any atom is 0.0537 e. The van der Waals surface area contributed by atoms with E-state index >= 15 is 0 Å². The summed E-state index contributed by atoms with van der Waals surface area (Å²) in [4.78, 5) is 0. The number of hydrogen-bond donors (Lipinski definition) is 1. The van der Waals surface area contributed by atoms with Gasteiger partial charge in [-0.1, -0.05) is 27.2 Å². The topological polar surface area (TPSA) is 29.9 Å². The number of nitrogens with one attached hydrogen (secondary N) is 1. The first-order chi connectivity index (χ1) is 8.22. The number of nitrogens with zero attached hydrogens (tertiary/aromatic N) is 2. The highest BCUT2D eigenvalue weighted by molar-refractivity contribution is 5.10. The molecule has 0 aromatic carbocycles. The lowest BCUT2D eigenvalue weighted by Gasteiger charge is -2.15. The van der Waals surface area contributed by atoms with E-state index in [9.17, 15) is 0 Å². The smallest absolute Gasteiger partial charge is 0.0537 e. The zero-order valence-corrected chi connectivity index (χ0v) is 11.7. The minimum atomic E-state index is 0.456. The van der Waals surface area contributed by atoms with Gasteiger partial charge in [-0.2, -0.15) is 5.10 Å². The van der Waals surface area contributed by atoms with Crippen LogP contribution >= 0.6 is 0 Å². The standard InChI is InChI=1S/C14H27N3/c1-5-8-12(4)17-11-13(10-16-17)14(7-3)15-9-6-2/h10-12,14-15H,5-9H2,1-4H3. The second-order valence-electron chi connectivity index (χ2n) is 4.81. The van der Waals surface area contributed by atoms with Crippen LogP contribution in [0.4, 0.5) is 0 Å². The van der Waals surface area contributed by atoms with E-state index in [1.54, 1.807) is 0 Å². The molecule has 3 heteroatoms. The molecule has 1 rings (SSSR count). The SMILES string of the molecule is CCCNC(CC)c1cnn(C(C)CCC)c1. The third-order valence-electron chi connectivity index (χ3n) is 3.23. The van der Waals surface area contributed by atoms with Gasteiger partial charge in [0.2, 0.25) is 0 Å². The fourth-order valence-electron chi connectivity index (χ4n) is 2.14. The first kappa shape index (κ1) is 14.2. The molecule has 1 aromatic heterocycles. The van der Waals surface area contributed by atoms with Crippen LogP contribution < -0.4 is 5.32 Å². The van der Waals surface area contributed by atoms with Crippen molar-refractivity contribution in [2.24, 2.45) is 0 Å². The lowest BCUT2D eigenvalue weighted by atomic mass is 10.1. The molecule has 2 atom stereocenters. The van der Waals surface area contributed by atoms with Gasteiger partial charge in [0.15, 0.2) is 0 Å². The second-order valence-corrected chi connectivity index (χ2v) is 4.81. The van der Waals surface area contributed by atoms with E-state index < -0.39 is 0 Å². The van der Waals surface area contributed by atoms with Crippen LogP contribution in [-0.4, -0.2) is 16.3 Å². The van der Waals surface area contributed by atoms with Gasteiger partial charge >= 0.3 is 0 Å². The summed E-state index contributed by atoms with van der Waals surface area (Å²) in [6.07, 6.45) is 8.92. The summed E-state index contributed by atoms with van der Waals surface area (Å²) in [6.45, 7) is 9.96. The largest absolute Gasteiger partial charge is 0.310 e. The first-order valence-electron chi connectivity index (χ1n) is 7.00. The first-order valence-corrected chi connectivity index (χ1v) is 7.00. The van der Waals surface area contributed by atoms with Crippen molar-refractivity contribution in [3.05, 3.63) is 18.0 Å². The summed E-state index contributed by atoms with van der Waals surface area (Å²) in [5, 5.41) is 8.05. The summed E-state index contributed by atoms with van der Waals surface area (Å²) < 4.78 is 2.11. The summed E-state index contributed by atoms with van der Waals surface area (Å²) in [5.41, 5.74) is 1.32. The lowest BCUT2D eigenvalue weighted by Crippen LogP contribution is -2.21. The molecular formula is C14H27N3. The van der Waals surface area contributed by atoms with E-state index in [4.69, 9.17) is 0 Å². The van der Waals surface area contributed by atoms with E-state index in [-0.39, 0.29) is 0 Å². The van der Waals surface area contributed by atoms with Crippen molar-refractivity contribution in [3.63, 3.8) is 0 Å². The molecule has 98 valence electrons. The van der Waals surface area contributed by atoms with Crippen molar-refractivity contribution in [3.8, 4) is 0 Å². The van der Waals surface area contributed by atoms with Gasteiger partial charge in [0.05, 0.1) is 6.20 Å². The Labute approximate surface area is 106 Å². The Morgan fingerprint density at radius 1 is 1.29 bits per heavy atom. The third-order valence-corrected chi connectivity index (χ3v) is 3.23. The van der Waals surface area contributed by atoms with Gasteiger partial charge in [-0.25, -0.2) is 0 Å². The molecule has 1 N–H and O–H groups in total. The predicted octanol–water partition coefficient (Wildman–Crippen LogP) is 3.69. The average molecular weight is 237 g/mol. The molecule has 0 fully saturated rings. The monoisotopic (exact) mass is 237 g/mol. The molecule has 0 saturated heterocycles. The molecule has 0 aliphatic heterocycles. The van der Waals surface area contributed by atoms with Crippen LogP contribution in [0, 0.1) is 0 Å². The van der Waals surface area contributed by atoms with Crippen LogP contribution in [0.25, 0.3) is 0 Å². The maximum atomic E-state index is 4.49. The van der Waals surface area contributed by atoms with Crippen molar-refractivity contribution in [1.82, 2.24) is 15.1 Å². The normalized spacial score (nSPS) is 14.8. The Hall–Kier alpha value is -0.830. The molecule has 1 heterocycles. The second kappa shape index (κ2) is 7.49. The molecule has 3 nitrogen and oxygen atoms in total. The van der Waals surface area contributed by atoms with Gasteiger partial charge < -0.3 is 5.32 Å². The van der Waals surface area contributed by atoms with E-state index in [1.165, 1.54) is 24.8 Å². The van der Waals surface area contributed by atoms with Crippen molar-refractivity contribution in [1.29, 1.82) is 0 Å². The van der Waals surface area contributed by atoms with E-state index in [0.717, 1.165) is 13.0 Å². The Morgan fingerprint density at radius 2 is 2.06 bits per heavy atom. The van der Waals surface area contributed by atoms with Crippen LogP contribution in [0.15, 0.2) is 12.4 Å². The highest BCUT2D eigenvalue weighted by Gasteiger charge is 2.12. The van der Waals surface area contributed by atoms with Gasteiger partial charge in [0.25, 0.3) is 0 Å². The van der Waals surface area contributed by atoms with E-state index in [0.29, 0.717) is 12.1 Å². The molecule has 0 spiro atoms. The number of hydrogen-bond acceptors (Lipinski definition) is 2. The number of rotatable bonds is 8. The molecule has 0 radical (unpaired) electrons. The zero-order valence-electron chi connectivity index (χ0n) is 11.7. The molecular weight excluding hydrogens is 210 g/mol. The molecule has 0 bridgehead atoms. The van der Waals surface area contributed by atoms with Crippen LogP contribution in [0.5, 0.6) is 0 Å². The average Bonchev–Trinajstić information content (AvgIpc) is 2.80. The Bertz CT molecular complexity index is 306. The fraction of sp³-hybridized carbons (Fsp3) is 0.786. The molecule has 1 aromatic rings. The Kier molecular flexibility index (Phi) is 6.27. The highest BCUT2D eigenvalue weighted by atomic mass is 15.3.